The van der Waals surface area contributed by atoms with Crippen LogP contribution in [0.4, 0.5) is 4.39 Å². The van der Waals surface area contributed by atoms with Crippen LogP contribution in [0.3, 0.4) is 0 Å². The number of rotatable bonds is 8. The lowest BCUT2D eigenvalue weighted by atomic mass is 10.0. The summed E-state index contributed by atoms with van der Waals surface area (Å²) in [6, 6.07) is 9.54. The van der Waals surface area contributed by atoms with Crippen LogP contribution in [0.2, 0.25) is 0 Å². The van der Waals surface area contributed by atoms with Gasteiger partial charge in [-0.1, -0.05) is 6.07 Å². The predicted molar refractivity (Wildman–Crippen MR) is 116 cm³/mol. The standard InChI is InChI=1S/C23H23FN4O3/c1-27-13-16(12-26-27)15-6-7-19-18(9-15)25-14-28(19)17-10-21(30-2)23(22(11-17)31-3)20(29)5-4-8-24/h6-7,9-14H,4-5,8H2,1-3H3. The molecule has 0 saturated carbocycles. The van der Waals surface area contributed by atoms with Gasteiger partial charge in [-0.15, -0.1) is 0 Å². The van der Waals surface area contributed by atoms with Crippen LogP contribution in [0.1, 0.15) is 23.2 Å². The Morgan fingerprint density at radius 1 is 1.10 bits per heavy atom. The summed E-state index contributed by atoms with van der Waals surface area (Å²) in [5, 5.41) is 4.22. The van der Waals surface area contributed by atoms with Gasteiger partial charge >= 0.3 is 0 Å². The SMILES string of the molecule is COc1cc(-n2cnc3cc(-c4cnn(C)c4)ccc32)cc(OC)c1C(=O)CCCF. The molecule has 160 valence electrons. The maximum absolute atomic E-state index is 12.6. The smallest absolute Gasteiger partial charge is 0.170 e. The van der Waals surface area contributed by atoms with E-state index in [4.69, 9.17) is 9.47 Å². The Labute approximate surface area is 179 Å². The molecule has 4 rings (SSSR count). The molecule has 0 N–H and O–H groups in total. The number of aromatic nitrogens is 4. The van der Waals surface area contributed by atoms with Crippen LogP contribution < -0.4 is 9.47 Å². The molecule has 0 saturated heterocycles. The first kappa shape index (κ1) is 20.6. The minimum Gasteiger partial charge on any atom is -0.496 e. The fourth-order valence-electron chi connectivity index (χ4n) is 3.63. The van der Waals surface area contributed by atoms with Crippen molar-refractivity contribution in [1.82, 2.24) is 19.3 Å². The van der Waals surface area contributed by atoms with E-state index in [0.717, 1.165) is 27.8 Å². The molecule has 0 aliphatic heterocycles. The van der Waals surface area contributed by atoms with Crippen LogP contribution in [0.5, 0.6) is 11.5 Å². The van der Waals surface area contributed by atoms with Crippen LogP contribution in [0, 0.1) is 0 Å². The maximum atomic E-state index is 12.6. The number of imidazole rings is 1. The summed E-state index contributed by atoms with van der Waals surface area (Å²) in [6.45, 7) is -0.545. The molecule has 31 heavy (non-hydrogen) atoms. The Morgan fingerprint density at radius 2 is 1.84 bits per heavy atom. The maximum Gasteiger partial charge on any atom is 0.170 e. The highest BCUT2D eigenvalue weighted by Gasteiger charge is 2.21. The van der Waals surface area contributed by atoms with E-state index in [1.54, 1.807) is 23.1 Å². The third kappa shape index (κ3) is 3.88. The number of carbonyl (C=O) groups excluding carboxylic acids is 1. The molecule has 0 fully saturated rings. The van der Waals surface area contributed by atoms with Crippen molar-refractivity contribution in [2.75, 3.05) is 20.9 Å². The Morgan fingerprint density at radius 3 is 2.45 bits per heavy atom. The zero-order chi connectivity index (χ0) is 22.0. The highest BCUT2D eigenvalue weighted by molar-refractivity contribution is 6.01. The molecular formula is C23H23FN4O3. The molecule has 0 unspecified atom stereocenters. The summed E-state index contributed by atoms with van der Waals surface area (Å²) in [7, 11) is 4.87. The summed E-state index contributed by atoms with van der Waals surface area (Å²) < 4.78 is 27.2. The van der Waals surface area contributed by atoms with Gasteiger partial charge in [0.2, 0.25) is 0 Å². The van der Waals surface area contributed by atoms with Gasteiger partial charge in [-0.25, -0.2) is 4.98 Å². The third-order valence-corrected chi connectivity index (χ3v) is 5.17. The second kappa shape index (κ2) is 8.59. The summed E-state index contributed by atoms with van der Waals surface area (Å²) >= 11 is 0. The highest BCUT2D eigenvalue weighted by atomic mass is 19.1. The van der Waals surface area contributed by atoms with Crippen molar-refractivity contribution in [3.63, 3.8) is 0 Å². The molecule has 0 radical (unpaired) electrons. The minimum atomic E-state index is -0.545. The van der Waals surface area contributed by atoms with Gasteiger partial charge in [0.25, 0.3) is 0 Å². The van der Waals surface area contributed by atoms with E-state index in [9.17, 15) is 9.18 Å². The number of carbonyl (C=O) groups is 1. The van der Waals surface area contributed by atoms with Crippen molar-refractivity contribution in [2.24, 2.45) is 7.05 Å². The average Bonchev–Trinajstić information content (AvgIpc) is 3.42. The Hall–Kier alpha value is -3.68. The molecule has 0 spiro atoms. The van der Waals surface area contributed by atoms with Crippen LogP contribution in [0.25, 0.3) is 27.8 Å². The highest BCUT2D eigenvalue weighted by Crippen LogP contribution is 2.35. The second-order valence-corrected chi connectivity index (χ2v) is 7.16. The minimum absolute atomic E-state index is 0.0910. The van der Waals surface area contributed by atoms with Gasteiger partial charge in [-0.05, 0) is 24.1 Å². The summed E-state index contributed by atoms with van der Waals surface area (Å²) in [4.78, 5) is 17.1. The largest absolute Gasteiger partial charge is 0.496 e. The van der Waals surface area contributed by atoms with Crippen LogP contribution in [0.15, 0.2) is 49.1 Å². The number of hydrogen-bond acceptors (Lipinski definition) is 5. The summed E-state index contributed by atoms with van der Waals surface area (Å²) in [5.41, 5.74) is 4.82. The number of ketones is 1. The average molecular weight is 422 g/mol. The molecule has 4 aromatic rings. The normalized spacial score (nSPS) is 11.1. The van der Waals surface area contributed by atoms with E-state index < -0.39 is 6.67 Å². The number of fused-ring (bicyclic) bond motifs is 1. The van der Waals surface area contributed by atoms with E-state index >= 15 is 0 Å². The molecule has 0 aliphatic carbocycles. The van der Waals surface area contributed by atoms with E-state index in [2.05, 4.69) is 10.1 Å². The van der Waals surface area contributed by atoms with E-state index in [1.165, 1.54) is 14.2 Å². The fourth-order valence-corrected chi connectivity index (χ4v) is 3.63. The second-order valence-electron chi connectivity index (χ2n) is 7.16. The molecule has 2 aromatic carbocycles. The lowest BCUT2D eigenvalue weighted by Gasteiger charge is -2.15. The third-order valence-electron chi connectivity index (χ3n) is 5.17. The number of hydrogen-bond donors (Lipinski definition) is 0. The topological polar surface area (TPSA) is 71.2 Å². The Bertz CT molecular complexity index is 1220. The quantitative estimate of drug-likeness (QED) is 0.394. The van der Waals surface area contributed by atoms with Crippen molar-refractivity contribution in [3.05, 3.63) is 54.6 Å². The number of benzene rings is 2. The van der Waals surface area contributed by atoms with Crippen LogP contribution in [-0.4, -0.2) is 46.0 Å². The summed E-state index contributed by atoms with van der Waals surface area (Å²) in [6.07, 6.45) is 5.74. The van der Waals surface area contributed by atoms with Crippen molar-refractivity contribution in [2.45, 2.75) is 12.8 Å². The number of alkyl halides is 1. The molecule has 2 heterocycles. The van der Waals surface area contributed by atoms with E-state index in [-0.39, 0.29) is 18.6 Å². The van der Waals surface area contributed by atoms with Crippen molar-refractivity contribution >= 4 is 16.8 Å². The first-order chi connectivity index (χ1) is 15.0. The number of ether oxygens (including phenoxy) is 2. The van der Waals surface area contributed by atoms with Gasteiger partial charge in [-0.3, -0.25) is 18.4 Å². The number of methoxy groups -OCH3 is 2. The van der Waals surface area contributed by atoms with Gasteiger partial charge < -0.3 is 9.47 Å². The zero-order valence-corrected chi connectivity index (χ0v) is 17.6. The number of Topliss-reactive ketones (excluding diaryl/α,β-unsaturated/α-hetero) is 1. The molecule has 8 heteroatoms. The van der Waals surface area contributed by atoms with Crippen molar-refractivity contribution in [3.8, 4) is 28.3 Å². The molecule has 0 amide bonds. The lowest BCUT2D eigenvalue weighted by Crippen LogP contribution is -2.07. The lowest BCUT2D eigenvalue weighted by molar-refractivity contribution is 0.0971. The molecule has 0 bridgehead atoms. The van der Waals surface area contributed by atoms with Crippen molar-refractivity contribution < 1.29 is 18.7 Å². The zero-order valence-electron chi connectivity index (χ0n) is 17.6. The fraction of sp³-hybridized carbons (Fsp3) is 0.261. The monoisotopic (exact) mass is 422 g/mol. The van der Waals surface area contributed by atoms with Crippen molar-refractivity contribution in [1.29, 1.82) is 0 Å². The molecular weight excluding hydrogens is 399 g/mol. The summed E-state index contributed by atoms with van der Waals surface area (Å²) in [5.74, 6) is 0.550. The first-order valence-corrected chi connectivity index (χ1v) is 9.87. The van der Waals surface area contributed by atoms with E-state index in [1.807, 2.05) is 42.2 Å². The number of nitrogens with zero attached hydrogens (tertiary/aromatic N) is 4. The first-order valence-electron chi connectivity index (χ1n) is 9.87. The van der Waals surface area contributed by atoms with Gasteiger partial charge in [0.1, 0.15) is 23.4 Å². The van der Waals surface area contributed by atoms with Gasteiger partial charge in [0.15, 0.2) is 5.78 Å². The molecule has 0 atom stereocenters. The molecule has 7 nitrogen and oxygen atoms in total. The Kier molecular flexibility index (Phi) is 5.70. The molecule has 2 aromatic heterocycles. The van der Waals surface area contributed by atoms with Crippen LogP contribution in [-0.2, 0) is 7.05 Å². The van der Waals surface area contributed by atoms with Crippen LogP contribution >= 0.6 is 0 Å². The van der Waals surface area contributed by atoms with Gasteiger partial charge in [-0.2, -0.15) is 5.10 Å². The van der Waals surface area contributed by atoms with Gasteiger partial charge in [0, 0.05) is 37.4 Å². The van der Waals surface area contributed by atoms with Gasteiger partial charge in [0.05, 0.1) is 43.8 Å². The Balaban J connectivity index is 1.77. The number of halogens is 1. The van der Waals surface area contributed by atoms with E-state index in [0.29, 0.717) is 17.1 Å². The predicted octanol–water partition coefficient (Wildman–Crippen LogP) is 4.38. The number of aryl methyl sites for hydroxylation is 1. The molecule has 0 aliphatic rings.